The van der Waals surface area contributed by atoms with E-state index in [1.807, 2.05) is 60.7 Å². The van der Waals surface area contributed by atoms with Gasteiger partial charge in [-0.25, -0.2) is 9.79 Å². The van der Waals surface area contributed by atoms with Gasteiger partial charge in [-0.15, -0.1) is 0 Å². The maximum absolute atomic E-state index is 13.8. The molecule has 4 rings (SSSR count). The van der Waals surface area contributed by atoms with Crippen LogP contribution >= 0.6 is 33.9 Å². The van der Waals surface area contributed by atoms with Crippen molar-refractivity contribution in [1.29, 1.82) is 0 Å². The fourth-order valence-electron chi connectivity index (χ4n) is 4.09. The van der Waals surface area contributed by atoms with Crippen LogP contribution in [0.2, 0.25) is 0 Å². The number of methoxy groups -OCH3 is 1. The molecule has 0 amide bonds. The first-order chi connectivity index (χ1) is 17.6. The number of thiazole rings is 1. The molecule has 0 saturated carbocycles. The highest BCUT2D eigenvalue weighted by atomic mass is 127. The topological polar surface area (TPSA) is 99.4 Å². The molecule has 0 fully saturated rings. The number of nitrogens with zero attached hydrogens (tertiary/aromatic N) is 2. The molecule has 37 heavy (non-hydrogen) atoms. The molecular formula is C27H27IN2O6S. The Hall–Kier alpha value is -3.12. The van der Waals surface area contributed by atoms with Crippen molar-refractivity contribution in [3.05, 3.63) is 82.1 Å². The lowest BCUT2D eigenvalue weighted by Crippen LogP contribution is -2.39. The number of phenolic OH excluding ortho intramolecular Hbond substituents is 1. The number of aromatic nitrogens is 1. The van der Waals surface area contributed by atoms with Gasteiger partial charge < -0.3 is 19.3 Å². The number of benzene rings is 2. The van der Waals surface area contributed by atoms with E-state index in [9.17, 15) is 14.7 Å². The predicted octanol–water partition coefficient (Wildman–Crippen LogP) is 3.90. The van der Waals surface area contributed by atoms with Gasteiger partial charge in [0.2, 0.25) is 0 Å². The lowest BCUT2D eigenvalue weighted by Gasteiger charge is -2.25. The third-order valence-corrected chi connectivity index (χ3v) is 7.46. The van der Waals surface area contributed by atoms with Crippen molar-refractivity contribution in [3.63, 3.8) is 0 Å². The molecule has 2 heterocycles. The third-order valence-electron chi connectivity index (χ3n) is 5.65. The van der Waals surface area contributed by atoms with Crippen molar-refractivity contribution in [2.24, 2.45) is 4.99 Å². The van der Waals surface area contributed by atoms with Crippen LogP contribution in [0.3, 0.4) is 0 Å². The van der Waals surface area contributed by atoms with Gasteiger partial charge in [0.1, 0.15) is 5.75 Å². The molecule has 0 unspecified atom stereocenters. The minimum Gasteiger partial charge on any atom is -0.504 e. The Morgan fingerprint density at radius 3 is 2.59 bits per heavy atom. The molecule has 0 aliphatic carbocycles. The van der Waals surface area contributed by atoms with Crippen molar-refractivity contribution in [3.8, 4) is 17.2 Å². The summed E-state index contributed by atoms with van der Waals surface area (Å²) in [6.45, 7) is 7.58. The summed E-state index contributed by atoms with van der Waals surface area (Å²) < 4.78 is 18.9. The highest BCUT2D eigenvalue weighted by Crippen LogP contribution is 2.33. The Kier molecular flexibility index (Phi) is 8.08. The van der Waals surface area contributed by atoms with Crippen LogP contribution in [0.1, 0.15) is 44.9 Å². The maximum Gasteiger partial charge on any atom is 0.338 e. The van der Waals surface area contributed by atoms with Crippen LogP contribution in [0, 0.1) is 3.57 Å². The molecule has 2 aromatic carbocycles. The van der Waals surface area contributed by atoms with Crippen LogP contribution in [0.5, 0.6) is 17.2 Å². The molecule has 8 nitrogen and oxygen atoms in total. The lowest BCUT2D eigenvalue weighted by molar-refractivity contribution is -0.139. The minimum absolute atomic E-state index is 0.0161. The highest BCUT2D eigenvalue weighted by Gasteiger charge is 2.33. The second-order valence-corrected chi connectivity index (χ2v) is 10.8. The number of hydrogen-bond donors (Lipinski definition) is 1. The minimum atomic E-state index is -0.708. The van der Waals surface area contributed by atoms with Crippen molar-refractivity contribution in [2.45, 2.75) is 39.8 Å². The number of rotatable bonds is 7. The number of ether oxygens (including phenoxy) is 3. The average molecular weight is 634 g/mol. The SMILES string of the molecule is CCOC(=O)C1=C(C)N=c2s/c(=C\c3cc(I)c(O)c(OC)c3)c(=O)n2[C@H]1c1ccc(OC(C)C)cc1. The quantitative estimate of drug-likeness (QED) is 0.313. The Labute approximate surface area is 231 Å². The molecule has 1 atom stereocenters. The summed E-state index contributed by atoms with van der Waals surface area (Å²) in [5.41, 5.74) is 1.96. The van der Waals surface area contributed by atoms with Crippen LogP contribution in [-0.4, -0.2) is 35.5 Å². The second-order valence-electron chi connectivity index (χ2n) is 8.59. The first kappa shape index (κ1) is 26.9. The number of fused-ring (bicyclic) bond motifs is 1. The highest BCUT2D eigenvalue weighted by molar-refractivity contribution is 14.1. The molecule has 10 heteroatoms. The number of esters is 1. The standard InChI is InChI=1S/C27H27IN2O6S/c1-6-35-26(33)22-15(4)29-27-30(23(22)17-7-9-18(10-8-17)36-14(2)3)25(32)21(37-27)13-16-11-19(28)24(31)20(12-16)34-5/h7-14,23,31H,6H2,1-5H3/b21-13-/t23-/m0/s1. The van der Waals surface area contributed by atoms with E-state index >= 15 is 0 Å². The van der Waals surface area contributed by atoms with E-state index in [-0.39, 0.29) is 24.0 Å². The van der Waals surface area contributed by atoms with E-state index in [1.165, 1.54) is 23.0 Å². The summed E-state index contributed by atoms with van der Waals surface area (Å²) in [6.07, 6.45) is 1.75. The zero-order valence-electron chi connectivity index (χ0n) is 21.1. The molecule has 194 valence electrons. The van der Waals surface area contributed by atoms with Gasteiger partial charge in [0.15, 0.2) is 16.3 Å². The molecule has 1 aliphatic heterocycles. The van der Waals surface area contributed by atoms with Crippen LogP contribution in [0.15, 0.2) is 57.5 Å². The number of carbonyl (C=O) groups is 1. The zero-order chi connectivity index (χ0) is 26.9. The molecule has 0 saturated heterocycles. The Balaban J connectivity index is 1.91. The van der Waals surface area contributed by atoms with Gasteiger partial charge in [-0.3, -0.25) is 9.36 Å². The first-order valence-corrected chi connectivity index (χ1v) is 13.6. The fraction of sp³-hybridized carbons (Fsp3) is 0.296. The number of aromatic hydroxyl groups is 1. The first-order valence-electron chi connectivity index (χ1n) is 11.7. The number of halogens is 1. The van der Waals surface area contributed by atoms with Crippen LogP contribution in [0.25, 0.3) is 6.08 Å². The monoisotopic (exact) mass is 634 g/mol. The van der Waals surface area contributed by atoms with E-state index in [4.69, 9.17) is 14.2 Å². The van der Waals surface area contributed by atoms with Gasteiger partial charge in [0.05, 0.1) is 45.2 Å². The van der Waals surface area contributed by atoms with Crippen LogP contribution < -0.4 is 24.4 Å². The van der Waals surface area contributed by atoms with Gasteiger partial charge >= 0.3 is 5.97 Å². The van der Waals surface area contributed by atoms with Crippen LogP contribution in [0.4, 0.5) is 0 Å². The fourth-order valence-corrected chi connectivity index (χ4v) is 5.76. The van der Waals surface area contributed by atoms with Gasteiger partial charge in [0, 0.05) is 0 Å². The molecular weight excluding hydrogens is 607 g/mol. The molecule has 1 aliphatic rings. The summed E-state index contributed by atoms with van der Waals surface area (Å²) in [5.74, 6) is 0.540. The van der Waals surface area contributed by atoms with E-state index in [0.717, 1.165) is 5.56 Å². The van der Waals surface area contributed by atoms with Crippen molar-refractivity contribution >= 4 is 46.0 Å². The molecule has 0 spiro atoms. The number of allylic oxidation sites excluding steroid dienone is 1. The number of phenols is 1. The largest absolute Gasteiger partial charge is 0.504 e. The van der Waals surface area contributed by atoms with Gasteiger partial charge in [-0.1, -0.05) is 23.5 Å². The number of carbonyl (C=O) groups excluding carboxylic acids is 1. The average Bonchev–Trinajstić information content (AvgIpc) is 3.15. The zero-order valence-corrected chi connectivity index (χ0v) is 24.0. The molecule has 3 aromatic rings. The molecule has 1 N–H and O–H groups in total. The molecule has 0 bridgehead atoms. The predicted molar refractivity (Wildman–Crippen MR) is 150 cm³/mol. The van der Waals surface area contributed by atoms with Gasteiger partial charge in [0.25, 0.3) is 5.56 Å². The van der Waals surface area contributed by atoms with Crippen molar-refractivity contribution < 1.29 is 24.1 Å². The van der Waals surface area contributed by atoms with Gasteiger partial charge in [-0.05, 0) is 91.8 Å². The summed E-state index contributed by atoms with van der Waals surface area (Å²) in [6, 6.07) is 10.1. The van der Waals surface area contributed by atoms with Crippen LogP contribution in [-0.2, 0) is 9.53 Å². The Bertz CT molecular complexity index is 1550. The summed E-state index contributed by atoms with van der Waals surface area (Å²) >= 11 is 3.24. The summed E-state index contributed by atoms with van der Waals surface area (Å²) in [7, 11) is 1.47. The number of hydrogen-bond acceptors (Lipinski definition) is 8. The smallest absolute Gasteiger partial charge is 0.338 e. The lowest BCUT2D eigenvalue weighted by atomic mass is 9.96. The van der Waals surface area contributed by atoms with Gasteiger partial charge in [-0.2, -0.15) is 0 Å². The second kappa shape index (κ2) is 11.1. The summed E-state index contributed by atoms with van der Waals surface area (Å²) in [4.78, 5) is 31.9. The van der Waals surface area contributed by atoms with Crippen molar-refractivity contribution in [1.82, 2.24) is 4.57 Å². The maximum atomic E-state index is 13.8. The van der Waals surface area contributed by atoms with E-state index in [2.05, 4.69) is 4.99 Å². The molecule has 1 aromatic heterocycles. The normalized spacial score (nSPS) is 15.4. The van der Waals surface area contributed by atoms with Crippen molar-refractivity contribution in [2.75, 3.05) is 13.7 Å². The Morgan fingerprint density at radius 1 is 1.27 bits per heavy atom. The van der Waals surface area contributed by atoms with E-state index in [1.54, 1.807) is 32.1 Å². The third kappa shape index (κ3) is 5.45. The van der Waals surface area contributed by atoms with E-state index in [0.29, 0.717) is 41.2 Å². The Morgan fingerprint density at radius 2 is 1.97 bits per heavy atom. The van der Waals surface area contributed by atoms with E-state index < -0.39 is 12.0 Å². The molecule has 0 radical (unpaired) electrons. The summed E-state index contributed by atoms with van der Waals surface area (Å²) in [5, 5.41) is 10.2.